The second kappa shape index (κ2) is 10.6. The summed E-state index contributed by atoms with van der Waals surface area (Å²) in [5.74, 6) is 0.869. The first-order chi connectivity index (χ1) is 11.5. The molecule has 134 valence electrons. The second-order valence-corrected chi connectivity index (χ2v) is 5.79. The van der Waals surface area contributed by atoms with Gasteiger partial charge in [0, 0.05) is 19.6 Å². The molecule has 1 rings (SSSR count). The average Bonchev–Trinajstić information content (AvgIpc) is 2.56. The van der Waals surface area contributed by atoms with Gasteiger partial charge < -0.3 is 19.9 Å². The summed E-state index contributed by atoms with van der Waals surface area (Å²) in [6.07, 6.45) is 0.715. The van der Waals surface area contributed by atoms with Crippen LogP contribution in [0.4, 0.5) is 0 Å². The SMILES string of the molecule is CCN(CC)C(=O)C[NH+](C)CC(=O)NCCc1ccccc1OC. The summed E-state index contributed by atoms with van der Waals surface area (Å²) in [7, 11) is 3.50. The number of para-hydroxylation sites is 1. The molecular weight excluding hydrogens is 306 g/mol. The highest BCUT2D eigenvalue weighted by molar-refractivity contribution is 5.79. The number of likely N-dealkylation sites (N-methyl/N-ethyl adjacent to an activating group) is 2. The van der Waals surface area contributed by atoms with Gasteiger partial charge in [-0.15, -0.1) is 0 Å². The van der Waals surface area contributed by atoms with Crippen molar-refractivity contribution in [3.63, 3.8) is 0 Å². The van der Waals surface area contributed by atoms with E-state index < -0.39 is 0 Å². The van der Waals surface area contributed by atoms with Crippen LogP contribution in [-0.4, -0.2) is 63.6 Å². The van der Waals surface area contributed by atoms with Gasteiger partial charge in [0.1, 0.15) is 5.75 Å². The van der Waals surface area contributed by atoms with Gasteiger partial charge in [-0.05, 0) is 31.9 Å². The Morgan fingerprint density at radius 3 is 2.46 bits per heavy atom. The summed E-state index contributed by atoms with van der Waals surface area (Å²) in [5.41, 5.74) is 1.07. The predicted molar refractivity (Wildman–Crippen MR) is 94.3 cm³/mol. The van der Waals surface area contributed by atoms with Crippen molar-refractivity contribution >= 4 is 11.8 Å². The maximum atomic E-state index is 12.0. The van der Waals surface area contributed by atoms with Crippen LogP contribution < -0.4 is 15.0 Å². The van der Waals surface area contributed by atoms with Crippen molar-refractivity contribution in [2.75, 3.05) is 46.9 Å². The molecule has 6 nitrogen and oxygen atoms in total. The van der Waals surface area contributed by atoms with Gasteiger partial charge in [-0.2, -0.15) is 0 Å². The molecule has 1 unspecified atom stereocenters. The van der Waals surface area contributed by atoms with E-state index in [1.54, 1.807) is 12.0 Å². The third-order valence-corrected chi connectivity index (χ3v) is 3.94. The monoisotopic (exact) mass is 336 g/mol. The maximum Gasteiger partial charge on any atom is 0.277 e. The van der Waals surface area contributed by atoms with E-state index in [0.717, 1.165) is 16.2 Å². The molecule has 0 aliphatic carbocycles. The minimum absolute atomic E-state index is 0.0465. The van der Waals surface area contributed by atoms with Gasteiger partial charge in [0.05, 0.1) is 14.2 Å². The third-order valence-electron chi connectivity index (χ3n) is 3.94. The second-order valence-electron chi connectivity index (χ2n) is 5.79. The topological polar surface area (TPSA) is 63.1 Å². The molecule has 0 radical (unpaired) electrons. The van der Waals surface area contributed by atoms with Crippen LogP contribution in [-0.2, 0) is 16.0 Å². The molecule has 0 heterocycles. The molecule has 0 fully saturated rings. The first-order valence-electron chi connectivity index (χ1n) is 8.49. The minimum atomic E-state index is -0.0465. The molecule has 0 saturated heterocycles. The highest BCUT2D eigenvalue weighted by Crippen LogP contribution is 2.17. The van der Waals surface area contributed by atoms with Crippen LogP contribution in [0.25, 0.3) is 0 Å². The molecule has 1 aromatic carbocycles. The molecular formula is C18H30N3O3+. The number of amides is 2. The standard InChI is InChI=1S/C18H29N3O3/c1-5-21(6-2)18(23)14-20(3)13-17(22)19-12-11-15-9-7-8-10-16(15)24-4/h7-10H,5-6,11-14H2,1-4H3,(H,19,22)/p+1. The van der Waals surface area contributed by atoms with Crippen LogP contribution >= 0.6 is 0 Å². The molecule has 6 heteroatoms. The van der Waals surface area contributed by atoms with Crippen molar-refractivity contribution in [2.45, 2.75) is 20.3 Å². The zero-order valence-electron chi connectivity index (χ0n) is 15.2. The van der Waals surface area contributed by atoms with E-state index in [1.807, 2.05) is 45.2 Å². The number of rotatable bonds is 10. The summed E-state index contributed by atoms with van der Waals surface area (Å²) in [5, 5.41) is 2.90. The minimum Gasteiger partial charge on any atom is -0.496 e. The lowest BCUT2D eigenvalue weighted by Gasteiger charge is -2.20. The van der Waals surface area contributed by atoms with Gasteiger partial charge in [-0.25, -0.2) is 0 Å². The fraction of sp³-hybridized carbons (Fsp3) is 0.556. The number of nitrogens with one attached hydrogen (secondary N) is 2. The van der Waals surface area contributed by atoms with E-state index in [9.17, 15) is 9.59 Å². The van der Waals surface area contributed by atoms with E-state index in [2.05, 4.69) is 5.32 Å². The Labute approximate surface area is 144 Å². The zero-order chi connectivity index (χ0) is 17.9. The Morgan fingerprint density at radius 1 is 1.17 bits per heavy atom. The van der Waals surface area contributed by atoms with Gasteiger partial charge in [-0.1, -0.05) is 18.2 Å². The molecule has 1 atom stereocenters. The molecule has 0 aliphatic heterocycles. The molecule has 0 saturated carbocycles. The highest BCUT2D eigenvalue weighted by atomic mass is 16.5. The summed E-state index contributed by atoms with van der Waals surface area (Å²) < 4.78 is 5.30. The smallest absolute Gasteiger partial charge is 0.277 e. The summed E-state index contributed by atoms with van der Waals surface area (Å²) in [6.45, 7) is 6.50. The van der Waals surface area contributed by atoms with Gasteiger partial charge >= 0.3 is 0 Å². The largest absolute Gasteiger partial charge is 0.496 e. The lowest BCUT2D eigenvalue weighted by molar-refractivity contribution is -0.863. The normalized spacial score (nSPS) is 11.7. The lowest BCUT2D eigenvalue weighted by atomic mass is 10.1. The van der Waals surface area contributed by atoms with Crippen molar-refractivity contribution in [3.05, 3.63) is 29.8 Å². The van der Waals surface area contributed by atoms with Crippen molar-refractivity contribution in [1.29, 1.82) is 0 Å². The maximum absolute atomic E-state index is 12.0. The number of nitrogens with zero attached hydrogens (tertiary/aromatic N) is 1. The Bertz CT molecular complexity index is 530. The van der Waals surface area contributed by atoms with E-state index in [1.165, 1.54) is 0 Å². The Morgan fingerprint density at radius 2 is 1.83 bits per heavy atom. The number of carbonyl (C=O) groups excluding carboxylic acids is 2. The number of carbonyl (C=O) groups is 2. The number of benzene rings is 1. The molecule has 2 N–H and O–H groups in total. The van der Waals surface area contributed by atoms with E-state index in [0.29, 0.717) is 39.1 Å². The number of methoxy groups -OCH3 is 1. The van der Waals surface area contributed by atoms with Crippen LogP contribution in [0.5, 0.6) is 5.75 Å². The first-order valence-corrected chi connectivity index (χ1v) is 8.49. The van der Waals surface area contributed by atoms with Gasteiger partial charge in [0.15, 0.2) is 13.1 Å². The summed E-state index contributed by atoms with van der Waals surface area (Å²) in [4.78, 5) is 26.7. The molecule has 0 aromatic heterocycles. The average molecular weight is 336 g/mol. The van der Waals surface area contributed by atoms with Crippen LogP contribution in [0.15, 0.2) is 24.3 Å². The number of ether oxygens (including phenoxy) is 1. The summed E-state index contributed by atoms with van der Waals surface area (Å²) >= 11 is 0. The number of hydrogen-bond acceptors (Lipinski definition) is 3. The highest BCUT2D eigenvalue weighted by Gasteiger charge is 2.17. The summed E-state index contributed by atoms with van der Waals surface area (Å²) in [6, 6.07) is 7.78. The van der Waals surface area contributed by atoms with E-state index >= 15 is 0 Å². The molecule has 0 bridgehead atoms. The zero-order valence-corrected chi connectivity index (χ0v) is 15.2. The van der Waals surface area contributed by atoms with E-state index in [4.69, 9.17) is 4.74 Å². The van der Waals surface area contributed by atoms with Crippen molar-refractivity contribution in [2.24, 2.45) is 0 Å². The lowest BCUT2D eigenvalue weighted by Crippen LogP contribution is -3.11. The molecule has 0 spiro atoms. The van der Waals surface area contributed by atoms with Crippen LogP contribution in [0.3, 0.4) is 0 Å². The van der Waals surface area contributed by atoms with Crippen LogP contribution in [0, 0.1) is 0 Å². The van der Waals surface area contributed by atoms with Gasteiger partial charge in [0.25, 0.3) is 11.8 Å². The number of hydrogen-bond donors (Lipinski definition) is 2. The Kier molecular flexibility index (Phi) is 8.86. The quantitative estimate of drug-likeness (QED) is 0.619. The van der Waals surface area contributed by atoms with Crippen molar-refractivity contribution in [3.8, 4) is 5.75 Å². The fourth-order valence-electron chi connectivity index (χ4n) is 2.59. The molecule has 2 amide bonds. The Balaban J connectivity index is 2.34. The molecule has 0 aliphatic rings. The van der Waals surface area contributed by atoms with Crippen LogP contribution in [0.2, 0.25) is 0 Å². The van der Waals surface area contributed by atoms with Crippen LogP contribution in [0.1, 0.15) is 19.4 Å². The third kappa shape index (κ3) is 6.58. The number of quaternary nitrogens is 1. The Hall–Kier alpha value is -2.08. The van der Waals surface area contributed by atoms with Gasteiger partial charge in [-0.3, -0.25) is 9.59 Å². The van der Waals surface area contributed by atoms with Gasteiger partial charge in [0.2, 0.25) is 0 Å². The first kappa shape index (κ1) is 20.0. The van der Waals surface area contributed by atoms with Crippen molar-refractivity contribution in [1.82, 2.24) is 10.2 Å². The van der Waals surface area contributed by atoms with Crippen molar-refractivity contribution < 1.29 is 19.2 Å². The molecule has 1 aromatic rings. The predicted octanol–water partition coefficient (Wildman–Crippen LogP) is -0.263. The van der Waals surface area contributed by atoms with E-state index in [-0.39, 0.29) is 11.8 Å². The fourth-order valence-corrected chi connectivity index (χ4v) is 2.59. The molecule has 24 heavy (non-hydrogen) atoms.